The summed E-state index contributed by atoms with van der Waals surface area (Å²) in [5, 5.41) is 1.74. The second kappa shape index (κ2) is 7.61. The first-order chi connectivity index (χ1) is 12.6. The predicted molar refractivity (Wildman–Crippen MR) is 107 cm³/mol. The fourth-order valence-corrected chi connectivity index (χ4v) is 4.74. The van der Waals surface area contributed by atoms with E-state index in [2.05, 4.69) is 22.7 Å². The molecule has 1 aromatic heterocycles. The van der Waals surface area contributed by atoms with Crippen molar-refractivity contribution in [3.05, 3.63) is 35.0 Å². The topological polar surface area (TPSA) is 28.5 Å². The van der Waals surface area contributed by atoms with Crippen LogP contribution in [0.2, 0.25) is 5.02 Å². The normalized spacial score (nSPS) is 20.0. The number of piperazine rings is 1. The van der Waals surface area contributed by atoms with Crippen LogP contribution in [0.1, 0.15) is 42.5 Å². The first-order valence-electron chi connectivity index (χ1n) is 9.88. The summed E-state index contributed by atoms with van der Waals surface area (Å²) in [6.45, 7) is 4.44. The van der Waals surface area contributed by atoms with Crippen molar-refractivity contribution in [1.82, 2.24) is 14.4 Å². The molecule has 1 aliphatic carbocycles. The maximum Gasteiger partial charge on any atom is 0.256 e. The number of para-hydroxylation sites is 1. The van der Waals surface area contributed by atoms with Crippen LogP contribution in [0.4, 0.5) is 0 Å². The summed E-state index contributed by atoms with van der Waals surface area (Å²) in [6.07, 6.45) is 8.63. The van der Waals surface area contributed by atoms with Crippen molar-refractivity contribution >= 4 is 28.4 Å². The van der Waals surface area contributed by atoms with Crippen LogP contribution in [0, 0.1) is 5.92 Å². The summed E-state index contributed by atoms with van der Waals surface area (Å²) in [7, 11) is 2.11. The van der Waals surface area contributed by atoms with Crippen LogP contribution in [0.15, 0.2) is 24.4 Å². The molecule has 0 spiro atoms. The Morgan fingerprint density at radius 2 is 1.85 bits per heavy atom. The first kappa shape index (κ1) is 17.9. The highest BCUT2D eigenvalue weighted by molar-refractivity contribution is 6.35. The summed E-state index contributed by atoms with van der Waals surface area (Å²) in [5.74, 6) is 0.843. The molecule has 26 heavy (non-hydrogen) atoms. The summed E-state index contributed by atoms with van der Waals surface area (Å²) >= 11 is 6.55. The zero-order valence-electron chi connectivity index (χ0n) is 15.6. The van der Waals surface area contributed by atoms with Gasteiger partial charge in [-0.1, -0.05) is 43.0 Å². The molecule has 0 bridgehead atoms. The van der Waals surface area contributed by atoms with E-state index in [0.29, 0.717) is 5.92 Å². The first-order valence-corrected chi connectivity index (χ1v) is 10.3. The molecule has 1 amide bonds. The average Bonchev–Trinajstić information content (AvgIpc) is 3.02. The number of hydrogen-bond acceptors (Lipinski definition) is 2. The van der Waals surface area contributed by atoms with Gasteiger partial charge in [0.1, 0.15) is 0 Å². The number of halogens is 1. The van der Waals surface area contributed by atoms with Gasteiger partial charge in [-0.15, -0.1) is 0 Å². The molecule has 0 N–H and O–H groups in total. The number of carbonyl (C=O) groups is 1. The molecule has 2 heterocycles. The van der Waals surface area contributed by atoms with Crippen LogP contribution in [0.3, 0.4) is 0 Å². The molecule has 0 atom stereocenters. The number of fused-ring (bicyclic) bond motifs is 1. The molecule has 0 radical (unpaired) electrons. The maximum atomic E-state index is 13.2. The smallest absolute Gasteiger partial charge is 0.256 e. The number of amides is 1. The molecule has 4 nitrogen and oxygen atoms in total. The Hall–Kier alpha value is -1.52. The van der Waals surface area contributed by atoms with Crippen LogP contribution in [-0.2, 0) is 6.54 Å². The average molecular weight is 374 g/mol. The fraction of sp³-hybridized carbons (Fsp3) is 0.571. The van der Waals surface area contributed by atoms with E-state index in [1.807, 2.05) is 23.1 Å². The Morgan fingerprint density at radius 1 is 1.12 bits per heavy atom. The van der Waals surface area contributed by atoms with Crippen molar-refractivity contribution in [1.29, 1.82) is 0 Å². The van der Waals surface area contributed by atoms with Crippen LogP contribution >= 0.6 is 11.6 Å². The molecule has 1 aromatic carbocycles. The van der Waals surface area contributed by atoms with E-state index >= 15 is 0 Å². The number of carbonyl (C=O) groups excluding carboxylic acids is 1. The van der Waals surface area contributed by atoms with Gasteiger partial charge in [-0.05, 0) is 31.9 Å². The third-order valence-corrected chi connectivity index (χ3v) is 6.35. The number of likely N-dealkylation sites (N-methyl/N-ethyl adjacent to an activating group) is 1. The summed E-state index contributed by atoms with van der Waals surface area (Å²) in [4.78, 5) is 17.4. The third kappa shape index (κ3) is 3.49. The Bertz CT molecular complexity index is 786. The number of aromatic nitrogens is 1. The molecule has 1 saturated heterocycles. The van der Waals surface area contributed by atoms with Gasteiger partial charge in [0.05, 0.1) is 16.1 Å². The summed E-state index contributed by atoms with van der Waals surface area (Å²) in [5.41, 5.74) is 1.83. The van der Waals surface area contributed by atoms with Crippen LogP contribution in [0.25, 0.3) is 10.9 Å². The quantitative estimate of drug-likeness (QED) is 0.804. The van der Waals surface area contributed by atoms with Crippen molar-refractivity contribution in [2.24, 2.45) is 5.92 Å². The van der Waals surface area contributed by atoms with Gasteiger partial charge in [-0.2, -0.15) is 0 Å². The van der Waals surface area contributed by atoms with Crippen molar-refractivity contribution in [2.75, 3.05) is 33.2 Å². The standard InChI is InChI=1S/C21H28ClN3O/c1-23-10-12-24(13-11-23)21(26)18-15-25(14-16-6-3-2-4-7-16)20-17(18)8-5-9-19(20)22/h5,8-9,15-16H,2-4,6-7,10-14H2,1H3. The zero-order chi connectivity index (χ0) is 18.1. The van der Waals surface area contributed by atoms with Crippen molar-refractivity contribution in [3.63, 3.8) is 0 Å². The molecule has 1 aliphatic heterocycles. The van der Waals surface area contributed by atoms with E-state index in [9.17, 15) is 4.79 Å². The highest BCUT2D eigenvalue weighted by Gasteiger charge is 2.25. The Labute approximate surface area is 160 Å². The molecular formula is C21H28ClN3O. The zero-order valence-corrected chi connectivity index (χ0v) is 16.3. The Balaban J connectivity index is 1.66. The van der Waals surface area contributed by atoms with E-state index in [-0.39, 0.29) is 5.91 Å². The molecule has 1 saturated carbocycles. The van der Waals surface area contributed by atoms with E-state index in [1.165, 1.54) is 32.1 Å². The van der Waals surface area contributed by atoms with Crippen LogP contribution in [0.5, 0.6) is 0 Å². The lowest BCUT2D eigenvalue weighted by molar-refractivity contribution is 0.0666. The van der Waals surface area contributed by atoms with Gasteiger partial charge in [0.15, 0.2) is 0 Å². The van der Waals surface area contributed by atoms with Gasteiger partial charge in [0.2, 0.25) is 0 Å². The summed E-state index contributed by atoms with van der Waals surface area (Å²) in [6, 6.07) is 5.93. The largest absolute Gasteiger partial charge is 0.345 e. The molecule has 2 aliphatic rings. The molecule has 4 rings (SSSR count). The van der Waals surface area contributed by atoms with Crippen LogP contribution in [-0.4, -0.2) is 53.5 Å². The SMILES string of the molecule is CN1CCN(C(=O)c2cn(CC3CCCCC3)c3c(Cl)cccc23)CC1. The number of nitrogens with zero attached hydrogens (tertiary/aromatic N) is 3. The van der Waals surface area contributed by atoms with E-state index in [0.717, 1.165) is 54.2 Å². The third-order valence-electron chi connectivity index (χ3n) is 6.05. The van der Waals surface area contributed by atoms with Gasteiger partial charge in [0.25, 0.3) is 5.91 Å². The van der Waals surface area contributed by atoms with Gasteiger partial charge in [0, 0.05) is 44.3 Å². The number of hydrogen-bond donors (Lipinski definition) is 0. The van der Waals surface area contributed by atoms with Crippen molar-refractivity contribution in [2.45, 2.75) is 38.6 Å². The molecular weight excluding hydrogens is 346 g/mol. The molecule has 2 fully saturated rings. The highest BCUT2D eigenvalue weighted by Crippen LogP contribution is 2.32. The molecule has 140 valence electrons. The lowest BCUT2D eigenvalue weighted by Crippen LogP contribution is -2.47. The Kier molecular flexibility index (Phi) is 5.23. The number of benzene rings is 1. The monoisotopic (exact) mass is 373 g/mol. The second-order valence-electron chi connectivity index (χ2n) is 7.93. The van der Waals surface area contributed by atoms with Gasteiger partial charge < -0.3 is 14.4 Å². The lowest BCUT2D eigenvalue weighted by Gasteiger charge is -2.32. The maximum absolute atomic E-state index is 13.2. The number of rotatable bonds is 3. The lowest BCUT2D eigenvalue weighted by atomic mass is 9.89. The van der Waals surface area contributed by atoms with Gasteiger partial charge in [-0.25, -0.2) is 0 Å². The van der Waals surface area contributed by atoms with E-state index < -0.39 is 0 Å². The van der Waals surface area contributed by atoms with Gasteiger partial charge in [-0.3, -0.25) is 4.79 Å². The van der Waals surface area contributed by atoms with E-state index in [4.69, 9.17) is 11.6 Å². The second-order valence-corrected chi connectivity index (χ2v) is 8.34. The van der Waals surface area contributed by atoms with Crippen molar-refractivity contribution < 1.29 is 4.79 Å². The minimum atomic E-state index is 0.146. The minimum absolute atomic E-state index is 0.146. The van der Waals surface area contributed by atoms with Crippen molar-refractivity contribution in [3.8, 4) is 0 Å². The van der Waals surface area contributed by atoms with Crippen LogP contribution < -0.4 is 0 Å². The summed E-state index contributed by atoms with van der Waals surface area (Å²) < 4.78 is 2.25. The molecule has 0 unspecified atom stereocenters. The molecule has 5 heteroatoms. The predicted octanol–water partition coefficient (Wildman–Crippen LogP) is 4.26. The minimum Gasteiger partial charge on any atom is -0.345 e. The highest BCUT2D eigenvalue weighted by atomic mass is 35.5. The fourth-order valence-electron chi connectivity index (χ4n) is 4.46. The van der Waals surface area contributed by atoms with Gasteiger partial charge >= 0.3 is 0 Å². The Morgan fingerprint density at radius 3 is 2.58 bits per heavy atom. The molecule has 2 aromatic rings. The van der Waals surface area contributed by atoms with E-state index in [1.54, 1.807) is 0 Å².